The van der Waals surface area contributed by atoms with Crippen molar-refractivity contribution in [3.8, 4) is 0 Å². The van der Waals surface area contributed by atoms with Crippen molar-refractivity contribution in [1.29, 1.82) is 0 Å². The van der Waals surface area contributed by atoms with E-state index in [2.05, 4.69) is 19.2 Å². The summed E-state index contributed by atoms with van der Waals surface area (Å²) >= 11 is 0. The molecule has 1 heterocycles. The normalized spacial score (nSPS) is 13.5. The highest BCUT2D eigenvalue weighted by Crippen LogP contribution is 2.31. The van der Waals surface area contributed by atoms with Crippen LogP contribution >= 0.6 is 0 Å². The maximum Gasteiger partial charge on any atom is 0.251 e. The number of hydrogen-bond donors (Lipinski definition) is 1. The Morgan fingerprint density at radius 2 is 2.10 bits per heavy atom. The molecule has 0 aliphatic carbocycles. The Balaban J connectivity index is 2.24. The molecule has 0 aromatic heterocycles. The van der Waals surface area contributed by atoms with E-state index in [0.717, 1.165) is 17.7 Å². The molecule has 1 aliphatic heterocycles. The number of nitrogens with zero attached hydrogens (tertiary/aromatic N) is 1. The van der Waals surface area contributed by atoms with Gasteiger partial charge in [-0.1, -0.05) is 26.8 Å². The Morgan fingerprint density at radius 3 is 2.75 bits per heavy atom. The van der Waals surface area contributed by atoms with Crippen LogP contribution in [0, 0.1) is 5.92 Å². The van der Waals surface area contributed by atoms with Crippen LogP contribution in [-0.2, 0) is 11.2 Å². The van der Waals surface area contributed by atoms with Crippen LogP contribution in [0.2, 0.25) is 0 Å². The van der Waals surface area contributed by atoms with E-state index in [1.807, 2.05) is 25.1 Å². The Morgan fingerprint density at radius 1 is 1.35 bits per heavy atom. The first-order chi connectivity index (χ1) is 9.54. The van der Waals surface area contributed by atoms with E-state index in [-0.39, 0.29) is 11.8 Å². The Kier molecular flexibility index (Phi) is 4.42. The van der Waals surface area contributed by atoms with Gasteiger partial charge in [0.1, 0.15) is 0 Å². The molecule has 0 atom stereocenters. The topological polar surface area (TPSA) is 49.4 Å². The fourth-order valence-electron chi connectivity index (χ4n) is 2.49. The fraction of sp³-hybridized carbons (Fsp3) is 0.500. The van der Waals surface area contributed by atoms with Crippen LogP contribution in [0.25, 0.3) is 0 Å². The largest absolute Gasteiger partial charge is 0.352 e. The van der Waals surface area contributed by atoms with Gasteiger partial charge in [0.15, 0.2) is 0 Å². The summed E-state index contributed by atoms with van der Waals surface area (Å²) in [5.41, 5.74) is 2.60. The maximum absolute atomic E-state index is 12.2. The Bertz CT molecular complexity index is 523. The lowest BCUT2D eigenvalue weighted by molar-refractivity contribution is -0.118. The van der Waals surface area contributed by atoms with E-state index in [1.54, 1.807) is 4.90 Å². The third-order valence-electron chi connectivity index (χ3n) is 3.55. The molecule has 2 amide bonds. The standard InChI is InChI=1S/C16H22N2O2/c1-4-15(19)18-9-8-12-13(6-5-7-14(12)18)16(20)17-10-11(2)3/h5-7,11H,4,8-10H2,1-3H3,(H,17,20). The van der Waals surface area contributed by atoms with Crippen LogP contribution in [0.15, 0.2) is 18.2 Å². The molecule has 0 bridgehead atoms. The lowest BCUT2D eigenvalue weighted by Gasteiger charge is -2.17. The molecule has 2 rings (SSSR count). The van der Waals surface area contributed by atoms with Gasteiger partial charge in [-0.3, -0.25) is 9.59 Å². The summed E-state index contributed by atoms with van der Waals surface area (Å²) in [4.78, 5) is 25.9. The Hall–Kier alpha value is -1.84. The van der Waals surface area contributed by atoms with E-state index < -0.39 is 0 Å². The first kappa shape index (κ1) is 14.6. The Labute approximate surface area is 120 Å². The second kappa shape index (κ2) is 6.07. The zero-order valence-electron chi connectivity index (χ0n) is 12.4. The molecule has 108 valence electrons. The molecular formula is C16H22N2O2. The fourth-order valence-corrected chi connectivity index (χ4v) is 2.49. The van der Waals surface area contributed by atoms with Gasteiger partial charge in [-0.2, -0.15) is 0 Å². The monoisotopic (exact) mass is 274 g/mol. The van der Waals surface area contributed by atoms with E-state index in [1.165, 1.54) is 0 Å². The van der Waals surface area contributed by atoms with Gasteiger partial charge in [-0.25, -0.2) is 0 Å². The zero-order chi connectivity index (χ0) is 14.7. The van der Waals surface area contributed by atoms with Crippen molar-refractivity contribution < 1.29 is 9.59 Å². The van der Waals surface area contributed by atoms with Crippen molar-refractivity contribution in [2.45, 2.75) is 33.6 Å². The lowest BCUT2D eigenvalue weighted by atomic mass is 10.0. The number of hydrogen-bond acceptors (Lipinski definition) is 2. The smallest absolute Gasteiger partial charge is 0.251 e. The quantitative estimate of drug-likeness (QED) is 0.916. The number of carbonyl (C=O) groups is 2. The highest BCUT2D eigenvalue weighted by molar-refractivity contribution is 6.01. The first-order valence-corrected chi connectivity index (χ1v) is 7.25. The summed E-state index contributed by atoms with van der Waals surface area (Å²) in [7, 11) is 0. The number of anilines is 1. The van der Waals surface area contributed by atoms with E-state index in [4.69, 9.17) is 0 Å². The molecule has 0 spiro atoms. The SMILES string of the molecule is CCC(=O)N1CCc2c(C(=O)NCC(C)C)cccc21. The molecule has 0 radical (unpaired) electrons. The van der Waals surface area contributed by atoms with Crippen LogP contribution in [0.1, 0.15) is 43.1 Å². The summed E-state index contributed by atoms with van der Waals surface area (Å²) in [6.45, 7) is 7.34. The first-order valence-electron chi connectivity index (χ1n) is 7.25. The molecule has 1 aliphatic rings. The number of fused-ring (bicyclic) bond motifs is 1. The summed E-state index contributed by atoms with van der Waals surface area (Å²) in [5.74, 6) is 0.499. The van der Waals surface area contributed by atoms with E-state index in [9.17, 15) is 9.59 Å². The summed E-state index contributed by atoms with van der Waals surface area (Å²) in [5, 5.41) is 2.94. The summed E-state index contributed by atoms with van der Waals surface area (Å²) in [6, 6.07) is 5.62. The molecule has 0 saturated carbocycles. The van der Waals surface area contributed by atoms with Gasteiger partial charge < -0.3 is 10.2 Å². The molecule has 1 aromatic rings. The van der Waals surface area contributed by atoms with Gasteiger partial charge in [0.25, 0.3) is 5.91 Å². The molecule has 20 heavy (non-hydrogen) atoms. The average molecular weight is 274 g/mol. The molecule has 0 saturated heterocycles. The second-order valence-corrected chi connectivity index (χ2v) is 5.56. The van der Waals surface area contributed by atoms with Crippen molar-refractivity contribution in [3.63, 3.8) is 0 Å². The van der Waals surface area contributed by atoms with Crippen LogP contribution in [0.5, 0.6) is 0 Å². The lowest BCUT2D eigenvalue weighted by Crippen LogP contribution is -2.28. The number of benzene rings is 1. The number of rotatable bonds is 4. The molecule has 1 N–H and O–H groups in total. The third-order valence-corrected chi connectivity index (χ3v) is 3.55. The summed E-state index contributed by atoms with van der Waals surface area (Å²) < 4.78 is 0. The highest BCUT2D eigenvalue weighted by Gasteiger charge is 2.27. The molecule has 1 aromatic carbocycles. The second-order valence-electron chi connectivity index (χ2n) is 5.56. The average Bonchev–Trinajstić information content (AvgIpc) is 2.87. The highest BCUT2D eigenvalue weighted by atomic mass is 16.2. The predicted molar refractivity (Wildman–Crippen MR) is 80.0 cm³/mol. The number of amides is 2. The van der Waals surface area contributed by atoms with E-state index >= 15 is 0 Å². The van der Waals surface area contributed by atoms with Crippen molar-refractivity contribution in [3.05, 3.63) is 29.3 Å². The minimum atomic E-state index is -0.0404. The third kappa shape index (κ3) is 2.84. The predicted octanol–water partition coefficient (Wildman–Crippen LogP) is 2.37. The number of nitrogens with one attached hydrogen (secondary N) is 1. The molecule has 0 unspecified atom stereocenters. The maximum atomic E-state index is 12.2. The van der Waals surface area contributed by atoms with Gasteiger partial charge in [-0.15, -0.1) is 0 Å². The minimum Gasteiger partial charge on any atom is -0.352 e. The van der Waals surface area contributed by atoms with Crippen molar-refractivity contribution in [2.24, 2.45) is 5.92 Å². The van der Waals surface area contributed by atoms with Crippen molar-refractivity contribution >= 4 is 17.5 Å². The minimum absolute atomic E-state index is 0.0404. The molecule has 4 nitrogen and oxygen atoms in total. The van der Waals surface area contributed by atoms with Crippen LogP contribution < -0.4 is 10.2 Å². The van der Waals surface area contributed by atoms with Crippen LogP contribution in [0.4, 0.5) is 5.69 Å². The van der Waals surface area contributed by atoms with Crippen LogP contribution in [0.3, 0.4) is 0 Å². The van der Waals surface area contributed by atoms with E-state index in [0.29, 0.717) is 31.0 Å². The molecular weight excluding hydrogens is 252 g/mol. The number of carbonyl (C=O) groups excluding carboxylic acids is 2. The van der Waals surface area contributed by atoms with Gasteiger partial charge in [0.2, 0.25) is 5.91 Å². The molecule has 4 heteroatoms. The van der Waals surface area contributed by atoms with Crippen molar-refractivity contribution in [1.82, 2.24) is 5.32 Å². The zero-order valence-corrected chi connectivity index (χ0v) is 12.4. The van der Waals surface area contributed by atoms with Crippen LogP contribution in [-0.4, -0.2) is 24.9 Å². The van der Waals surface area contributed by atoms with Gasteiger partial charge in [-0.05, 0) is 30.0 Å². The molecule has 0 fully saturated rings. The summed E-state index contributed by atoms with van der Waals surface area (Å²) in [6.07, 6.45) is 1.25. The van der Waals surface area contributed by atoms with Gasteiger partial charge in [0, 0.05) is 30.8 Å². The van der Waals surface area contributed by atoms with Crippen molar-refractivity contribution in [2.75, 3.05) is 18.0 Å². The van der Waals surface area contributed by atoms with Gasteiger partial charge in [0.05, 0.1) is 0 Å². The van der Waals surface area contributed by atoms with Gasteiger partial charge >= 0.3 is 0 Å².